The molecule has 1 aromatic rings. The quantitative estimate of drug-likeness (QED) is 0.877. The average Bonchev–Trinajstić information content (AvgIpc) is 2.11. The lowest BCUT2D eigenvalue weighted by Crippen LogP contribution is -2.27. The maximum atomic E-state index is 13.1. The number of nitrogens with one attached hydrogen (secondary N) is 1. The van der Waals surface area contributed by atoms with Crippen LogP contribution in [0.5, 0.6) is 0 Å². The molecular weight excluding hydrogens is 249 g/mol. The Labute approximate surface area is 91.3 Å². The summed E-state index contributed by atoms with van der Waals surface area (Å²) in [6.07, 6.45) is -0.471. The van der Waals surface area contributed by atoms with Crippen molar-refractivity contribution in [2.24, 2.45) is 0 Å². The van der Waals surface area contributed by atoms with Crippen LogP contribution in [0.15, 0.2) is 22.7 Å². The molecule has 1 aromatic carbocycles. The fourth-order valence-electron chi connectivity index (χ4n) is 0.969. The zero-order chi connectivity index (χ0) is 10.7. The number of hydrogen-bond acceptors (Lipinski definition) is 2. The van der Waals surface area contributed by atoms with Crippen molar-refractivity contribution in [3.8, 4) is 0 Å². The first-order valence-electron chi connectivity index (χ1n) is 4.40. The van der Waals surface area contributed by atoms with Crippen LogP contribution in [0.3, 0.4) is 0 Å². The fourth-order valence-corrected chi connectivity index (χ4v) is 1.22. The number of hydrogen-bond donors (Lipinski definition) is 2. The van der Waals surface area contributed by atoms with Crippen LogP contribution in [0, 0.1) is 5.82 Å². The largest absolute Gasteiger partial charge is 0.391 e. The summed E-state index contributed by atoms with van der Waals surface area (Å²) in [5.74, 6) is -0.312. The molecule has 0 spiro atoms. The molecule has 0 amide bonds. The van der Waals surface area contributed by atoms with Gasteiger partial charge in [0, 0.05) is 11.7 Å². The molecule has 0 radical (unpaired) electrons. The lowest BCUT2D eigenvalue weighted by Gasteiger charge is -2.17. The van der Waals surface area contributed by atoms with Crippen molar-refractivity contribution in [1.29, 1.82) is 0 Å². The minimum absolute atomic E-state index is 0.101. The third-order valence-electron chi connectivity index (χ3n) is 2.04. The van der Waals surface area contributed by atoms with E-state index in [4.69, 9.17) is 0 Å². The normalized spacial score (nSPS) is 14.9. The van der Waals surface area contributed by atoms with E-state index in [1.54, 1.807) is 19.1 Å². The van der Waals surface area contributed by atoms with Gasteiger partial charge in [0.2, 0.25) is 0 Å². The summed E-state index contributed by atoms with van der Waals surface area (Å²) in [4.78, 5) is 0. The van der Waals surface area contributed by atoms with E-state index in [-0.39, 0.29) is 11.9 Å². The lowest BCUT2D eigenvalue weighted by molar-refractivity contribution is 0.178. The Morgan fingerprint density at radius 3 is 2.57 bits per heavy atom. The van der Waals surface area contributed by atoms with Crippen molar-refractivity contribution in [2.45, 2.75) is 26.0 Å². The zero-order valence-corrected chi connectivity index (χ0v) is 9.68. The predicted molar refractivity (Wildman–Crippen MR) is 58.9 cm³/mol. The Morgan fingerprint density at radius 1 is 1.43 bits per heavy atom. The van der Waals surface area contributed by atoms with Crippen LogP contribution in [0.25, 0.3) is 0 Å². The van der Waals surface area contributed by atoms with Crippen LogP contribution in [0.1, 0.15) is 13.8 Å². The van der Waals surface area contributed by atoms with Gasteiger partial charge >= 0.3 is 0 Å². The van der Waals surface area contributed by atoms with Crippen LogP contribution in [-0.4, -0.2) is 17.3 Å². The van der Waals surface area contributed by atoms with Crippen molar-refractivity contribution >= 4 is 21.6 Å². The second-order valence-electron chi connectivity index (χ2n) is 3.30. The second-order valence-corrected chi connectivity index (χ2v) is 4.16. The van der Waals surface area contributed by atoms with Crippen LogP contribution in [0.2, 0.25) is 0 Å². The summed E-state index contributed by atoms with van der Waals surface area (Å²) in [6, 6.07) is 4.68. The molecule has 14 heavy (non-hydrogen) atoms. The smallest absolute Gasteiger partial charge is 0.139 e. The first kappa shape index (κ1) is 11.5. The Bertz CT molecular complexity index is 317. The zero-order valence-electron chi connectivity index (χ0n) is 8.09. The van der Waals surface area contributed by atoms with E-state index in [9.17, 15) is 9.50 Å². The molecule has 0 bridgehead atoms. The highest BCUT2D eigenvalue weighted by Gasteiger charge is 2.08. The standard InChI is InChI=1S/C10H13BrFNO/c1-6(7(2)14)13-8-3-4-9(11)10(12)5-8/h3-7,13-14H,1-2H3. The minimum atomic E-state index is -0.471. The van der Waals surface area contributed by atoms with E-state index in [0.717, 1.165) is 0 Å². The molecule has 0 aromatic heterocycles. The van der Waals surface area contributed by atoms with Gasteiger partial charge < -0.3 is 10.4 Å². The van der Waals surface area contributed by atoms with E-state index in [1.807, 2.05) is 6.92 Å². The van der Waals surface area contributed by atoms with Gasteiger partial charge in [-0.05, 0) is 48.0 Å². The van der Waals surface area contributed by atoms with Gasteiger partial charge in [0.05, 0.1) is 10.6 Å². The topological polar surface area (TPSA) is 32.3 Å². The number of halogens is 2. The number of rotatable bonds is 3. The highest BCUT2D eigenvalue weighted by molar-refractivity contribution is 9.10. The molecule has 0 aliphatic rings. The summed E-state index contributed by atoms with van der Waals surface area (Å²) in [6.45, 7) is 3.53. The van der Waals surface area contributed by atoms with Gasteiger partial charge in [-0.15, -0.1) is 0 Å². The molecule has 1 rings (SSSR count). The molecular formula is C10H13BrFNO. The molecule has 0 saturated heterocycles. The Balaban J connectivity index is 2.73. The van der Waals surface area contributed by atoms with Crippen LogP contribution >= 0.6 is 15.9 Å². The highest BCUT2D eigenvalue weighted by Crippen LogP contribution is 2.20. The molecule has 78 valence electrons. The van der Waals surface area contributed by atoms with Crippen LogP contribution in [0.4, 0.5) is 10.1 Å². The molecule has 0 heterocycles. The summed E-state index contributed by atoms with van der Waals surface area (Å²) in [7, 11) is 0. The third kappa shape index (κ3) is 2.96. The van der Waals surface area contributed by atoms with E-state index in [1.165, 1.54) is 6.07 Å². The second kappa shape index (κ2) is 4.75. The molecule has 2 N–H and O–H groups in total. The van der Waals surface area contributed by atoms with E-state index < -0.39 is 6.10 Å². The predicted octanol–water partition coefficient (Wildman–Crippen LogP) is 2.77. The summed E-state index contributed by atoms with van der Waals surface area (Å²) in [5, 5.41) is 12.2. The molecule has 2 nitrogen and oxygen atoms in total. The van der Waals surface area contributed by atoms with E-state index in [2.05, 4.69) is 21.2 Å². The van der Waals surface area contributed by atoms with E-state index >= 15 is 0 Å². The van der Waals surface area contributed by atoms with Gasteiger partial charge in [-0.2, -0.15) is 0 Å². The van der Waals surface area contributed by atoms with Crippen molar-refractivity contribution in [3.05, 3.63) is 28.5 Å². The number of aliphatic hydroxyl groups is 1. The fraction of sp³-hybridized carbons (Fsp3) is 0.400. The van der Waals surface area contributed by atoms with Crippen LogP contribution in [-0.2, 0) is 0 Å². The SMILES string of the molecule is CC(O)C(C)Nc1ccc(Br)c(F)c1. The lowest BCUT2D eigenvalue weighted by atomic mass is 10.2. The van der Waals surface area contributed by atoms with Crippen molar-refractivity contribution in [3.63, 3.8) is 0 Å². The Kier molecular flexibility index (Phi) is 3.89. The number of aliphatic hydroxyl groups excluding tert-OH is 1. The Hall–Kier alpha value is -0.610. The summed E-state index contributed by atoms with van der Waals surface area (Å²) >= 11 is 3.07. The third-order valence-corrected chi connectivity index (χ3v) is 2.68. The van der Waals surface area contributed by atoms with Crippen LogP contribution < -0.4 is 5.32 Å². The molecule has 2 unspecified atom stereocenters. The molecule has 0 aliphatic carbocycles. The monoisotopic (exact) mass is 261 g/mol. The summed E-state index contributed by atoms with van der Waals surface area (Å²) in [5.41, 5.74) is 0.666. The maximum Gasteiger partial charge on any atom is 0.139 e. The van der Waals surface area contributed by atoms with Gasteiger partial charge in [0.25, 0.3) is 0 Å². The highest BCUT2D eigenvalue weighted by atomic mass is 79.9. The van der Waals surface area contributed by atoms with Gasteiger partial charge in [0.15, 0.2) is 0 Å². The van der Waals surface area contributed by atoms with Gasteiger partial charge in [-0.1, -0.05) is 0 Å². The first-order chi connectivity index (χ1) is 6.50. The van der Waals surface area contributed by atoms with Gasteiger partial charge in [-0.3, -0.25) is 0 Å². The Morgan fingerprint density at radius 2 is 2.07 bits per heavy atom. The van der Waals surface area contributed by atoms with Crippen molar-refractivity contribution in [1.82, 2.24) is 0 Å². The van der Waals surface area contributed by atoms with Gasteiger partial charge in [-0.25, -0.2) is 4.39 Å². The average molecular weight is 262 g/mol. The van der Waals surface area contributed by atoms with Crippen molar-refractivity contribution < 1.29 is 9.50 Å². The molecule has 0 aliphatic heterocycles. The molecule has 0 fully saturated rings. The minimum Gasteiger partial charge on any atom is -0.391 e. The number of anilines is 1. The first-order valence-corrected chi connectivity index (χ1v) is 5.19. The molecule has 0 saturated carbocycles. The number of benzene rings is 1. The van der Waals surface area contributed by atoms with Gasteiger partial charge in [0.1, 0.15) is 5.82 Å². The summed E-state index contributed by atoms with van der Waals surface area (Å²) < 4.78 is 13.5. The molecule has 4 heteroatoms. The molecule has 2 atom stereocenters. The van der Waals surface area contributed by atoms with E-state index in [0.29, 0.717) is 10.2 Å². The van der Waals surface area contributed by atoms with Crippen molar-refractivity contribution in [2.75, 3.05) is 5.32 Å². The maximum absolute atomic E-state index is 13.1.